The fourth-order valence-corrected chi connectivity index (χ4v) is 4.91. The molecule has 0 spiro atoms. The van der Waals surface area contributed by atoms with Crippen molar-refractivity contribution in [3.8, 4) is 0 Å². The molecule has 3 nitrogen and oxygen atoms in total. The van der Waals surface area contributed by atoms with Gasteiger partial charge in [0, 0.05) is 18.9 Å². The van der Waals surface area contributed by atoms with Crippen molar-refractivity contribution in [3.05, 3.63) is 0 Å². The molecule has 4 aliphatic rings. The van der Waals surface area contributed by atoms with Crippen LogP contribution in [0.15, 0.2) is 0 Å². The number of hydrogen-bond donors (Lipinski definition) is 1. The highest BCUT2D eigenvalue weighted by molar-refractivity contribution is 5.69. The van der Waals surface area contributed by atoms with Crippen molar-refractivity contribution >= 4 is 5.97 Å². The van der Waals surface area contributed by atoms with Crippen LogP contribution in [-0.2, 0) is 9.53 Å². The number of ether oxygens (including phenoxy) is 1. The minimum Gasteiger partial charge on any atom is -0.465 e. The molecule has 4 saturated carbocycles. The van der Waals surface area contributed by atoms with Crippen molar-refractivity contribution in [2.75, 3.05) is 13.2 Å². The van der Waals surface area contributed by atoms with Gasteiger partial charge in [-0.3, -0.25) is 4.79 Å². The fourth-order valence-electron chi connectivity index (χ4n) is 4.91. The summed E-state index contributed by atoms with van der Waals surface area (Å²) in [7, 11) is 0. The summed E-state index contributed by atoms with van der Waals surface area (Å²) in [6.07, 6.45) is 7.51. The Balaban J connectivity index is 1.51. The molecule has 19 heavy (non-hydrogen) atoms. The molecular weight excluding hydrogens is 240 g/mol. The Morgan fingerprint density at radius 2 is 1.74 bits per heavy atom. The van der Waals surface area contributed by atoms with Crippen LogP contribution in [0, 0.1) is 35.5 Å². The average molecular weight is 266 g/mol. The summed E-state index contributed by atoms with van der Waals surface area (Å²) >= 11 is 0. The van der Waals surface area contributed by atoms with E-state index in [0.29, 0.717) is 18.9 Å². The number of rotatable bonds is 5. The molecule has 0 aromatic rings. The van der Waals surface area contributed by atoms with Crippen LogP contribution in [0.1, 0.15) is 45.4 Å². The van der Waals surface area contributed by atoms with E-state index in [-0.39, 0.29) is 18.5 Å². The van der Waals surface area contributed by atoms with E-state index in [4.69, 9.17) is 9.84 Å². The monoisotopic (exact) mass is 266 g/mol. The maximum Gasteiger partial charge on any atom is 0.306 e. The molecule has 4 fully saturated rings. The molecule has 108 valence electrons. The number of carbonyl (C=O) groups excluding carboxylic acids is 1. The highest BCUT2D eigenvalue weighted by Gasteiger charge is 2.48. The van der Waals surface area contributed by atoms with Gasteiger partial charge in [0.25, 0.3) is 0 Å². The lowest BCUT2D eigenvalue weighted by molar-refractivity contribution is -0.150. The Hall–Kier alpha value is -0.570. The lowest BCUT2D eigenvalue weighted by atomic mass is 9.51. The van der Waals surface area contributed by atoms with Crippen molar-refractivity contribution < 1.29 is 14.6 Å². The molecule has 0 saturated heterocycles. The molecular formula is C16H26O3. The first-order valence-corrected chi connectivity index (χ1v) is 7.92. The Morgan fingerprint density at radius 3 is 2.26 bits per heavy atom. The summed E-state index contributed by atoms with van der Waals surface area (Å²) in [4.78, 5) is 12.0. The molecule has 1 unspecified atom stereocenters. The van der Waals surface area contributed by atoms with E-state index in [9.17, 15) is 4.79 Å². The quantitative estimate of drug-likeness (QED) is 0.778. The van der Waals surface area contributed by atoms with Crippen molar-refractivity contribution in [3.63, 3.8) is 0 Å². The standard InChI is InChI=1S/C16H26O3/c1-10(8-17)9-19-16(18)7-15-13-3-11-2-12(5-13)6-14(15)4-11/h10-15,17H,2-9H2,1H3. The third kappa shape index (κ3) is 2.81. The largest absolute Gasteiger partial charge is 0.465 e. The molecule has 0 radical (unpaired) electrons. The summed E-state index contributed by atoms with van der Waals surface area (Å²) in [6.45, 7) is 2.35. The summed E-state index contributed by atoms with van der Waals surface area (Å²) < 4.78 is 5.30. The van der Waals surface area contributed by atoms with Crippen LogP contribution >= 0.6 is 0 Å². The Kier molecular flexibility index (Phi) is 3.84. The van der Waals surface area contributed by atoms with Crippen LogP contribution in [0.25, 0.3) is 0 Å². The summed E-state index contributed by atoms with van der Waals surface area (Å²) in [5.74, 6) is 4.11. The Morgan fingerprint density at radius 1 is 1.16 bits per heavy atom. The summed E-state index contributed by atoms with van der Waals surface area (Å²) in [6, 6.07) is 0. The second-order valence-corrected chi connectivity index (χ2v) is 7.27. The van der Waals surface area contributed by atoms with Gasteiger partial charge in [0.1, 0.15) is 0 Å². The topological polar surface area (TPSA) is 46.5 Å². The number of hydrogen-bond acceptors (Lipinski definition) is 3. The van der Waals surface area contributed by atoms with Gasteiger partial charge in [0.15, 0.2) is 0 Å². The molecule has 1 atom stereocenters. The average Bonchev–Trinajstić information content (AvgIpc) is 2.39. The van der Waals surface area contributed by atoms with Gasteiger partial charge in [-0.25, -0.2) is 0 Å². The molecule has 0 heterocycles. The van der Waals surface area contributed by atoms with Crippen LogP contribution in [-0.4, -0.2) is 24.3 Å². The summed E-state index contributed by atoms with van der Waals surface area (Å²) in [5, 5.41) is 8.94. The molecule has 0 aliphatic heterocycles. The van der Waals surface area contributed by atoms with E-state index >= 15 is 0 Å². The fraction of sp³-hybridized carbons (Fsp3) is 0.938. The third-order valence-corrected chi connectivity index (χ3v) is 5.66. The van der Waals surface area contributed by atoms with Gasteiger partial charge in [0.2, 0.25) is 0 Å². The summed E-state index contributed by atoms with van der Waals surface area (Å²) in [5.41, 5.74) is 0. The smallest absolute Gasteiger partial charge is 0.306 e. The number of esters is 1. The van der Waals surface area contributed by atoms with E-state index in [0.717, 1.165) is 23.7 Å². The van der Waals surface area contributed by atoms with Crippen molar-refractivity contribution in [1.82, 2.24) is 0 Å². The van der Waals surface area contributed by atoms with Crippen molar-refractivity contribution in [2.45, 2.75) is 45.4 Å². The minimum absolute atomic E-state index is 0.0437. The lowest BCUT2D eigenvalue weighted by Gasteiger charge is -2.54. The number of aliphatic hydroxyl groups excluding tert-OH is 1. The van der Waals surface area contributed by atoms with Gasteiger partial charge in [-0.2, -0.15) is 0 Å². The minimum atomic E-state index is -0.0437. The third-order valence-electron chi connectivity index (χ3n) is 5.66. The van der Waals surface area contributed by atoms with Crippen LogP contribution in [0.2, 0.25) is 0 Å². The van der Waals surface area contributed by atoms with Crippen LogP contribution in [0.3, 0.4) is 0 Å². The van der Waals surface area contributed by atoms with Crippen molar-refractivity contribution in [2.24, 2.45) is 35.5 Å². The van der Waals surface area contributed by atoms with Crippen LogP contribution < -0.4 is 0 Å². The van der Waals surface area contributed by atoms with E-state index < -0.39 is 0 Å². The highest BCUT2D eigenvalue weighted by Crippen LogP contribution is 2.57. The maximum atomic E-state index is 12.0. The zero-order valence-corrected chi connectivity index (χ0v) is 11.9. The van der Waals surface area contributed by atoms with E-state index in [1.54, 1.807) is 0 Å². The first-order valence-electron chi connectivity index (χ1n) is 7.92. The Bertz CT molecular complexity index is 311. The number of aliphatic hydroxyl groups is 1. The molecule has 0 amide bonds. The first kappa shape index (κ1) is 13.4. The molecule has 1 N–H and O–H groups in total. The van der Waals surface area contributed by atoms with E-state index in [1.807, 2.05) is 6.92 Å². The van der Waals surface area contributed by atoms with Crippen LogP contribution in [0.4, 0.5) is 0 Å². The maximum absolute atomic E-state index is 12.0. The van der Waals surface area contributed by atoms with Gasteiger partial charge in [0.05, 0.1) is 6.61 Å². The second kappa shape index (κ2) is 5.43. The predicted octanol–water partition coefficient (Wildman–Crippen LogP) is 2.62. The molecule has 4 rings (SSSR count). The lowest BCUT2D eigenvalue weighted by Crippen LogP contribution is -2.45. The van der Waals surface area contributed by atoms with Gasteiger partial charge in [-0.15, -0.1) is 0 Å². The zero-order chi connectivity index (χ0) is 13.4. The van der Waals surface area contributed by atoms with Crippen LogP contribution in [0.5, 0.6) is 0 Å². The van der Waals surface area contributed by atoms with Crippen molar-refractivity contribution in [1.29, 1.82) is 0 Å². The SMILES string of the molecule is CC(CO)COC(=O)CC1C2CC3CC(C2)CC1C3. The molecule has 0 aromatic heterocycles. The zero-order valence-electron chi connectivity index (χ0n) is 11.9. The first-order chi connectivity index (χ1) is 9.15. The van der Waals surface area contributed by atoms with Gasteiger partial charge in [-0.1, -0.05) is 6.92 Å². The molecule has 0 aromatic carbocycles. The molecule has 4 aliphatic carbocycles. The van der Waals surface area contributed by atoms with Gasteiger partial charge in [-0.05, 0) is 61.7 Å². The molecule has 3 heteroatoms. The van der Waals surface area contributed by atoms with Gasteiger partial charge < -0.3 is 9.84 Å². The van der Waals surface area contributed by atoms with E-state index in [1.165, 1.54) is 32.1 Å². The molecule has 4 bridgehead atoms. The predicted molar refractivity (Wildman–Crippen MR) is 72.4 cm³/mol. The highest BCUT2D eigenvalue weighted by atomic mass is 16.5. The number of carbonyl (C=O) groups is 1. The van der Waals surface area contributed by atoms with E-state index in [2.05, 4.69) is 0 Å². The Labute approximate surface area is 115 Å². The normalized spacial score (nSPS) is 41.3. The second-order valence-electron chi connectivity index (χ2n) is 7.27. The van der Waals surface area contributed by atoms with Gasteiger partial charge >= 0.3 is 5.97 Å².